The van der Waals surface area contributed by atoms with Crippen molar-refractivity contribution in [3.8, 4) is 0 Å². The molecule has 34 heavy (non-hydrogen) atoms. The third-order valence-electron chi connectivity index (χ3n) is 8.30. The van der Waals surface area contributed by atoms with E-state index in [0.717, 1.165) is 5.57 Å². The average Bonchev–Trinajstić information content (AvgIpc) is 3.00. The molecule has 0 radical (unpaired) electrons. The van der Waals surface area contributed by atoms with Crippen LogP contribution in [-0.4, -0.2) is 98.6 Å². The van der Waals surface area contributed by atoms with Gasteiger partial charge in [-0.2, -0.15) is 0 Å². The Morgan fingerprint density at radius 3 is 2.44 bits per heavy atom. The predicted octanol–water partition coefficient (Wildman–Crippen LogP) is 0.318. The lowest BCUT2D eigenvalue weighted by Crippen LogP contribution is -2.59. The van der Waals surface area contributed by atoms with Crippen LogP contribution in [0.15, 0.2) is 23.8 Å². The quantitative estimate of drug-likeness (QED) is 0.348. The first kappa shape index (κ1) is 25.8. The Balaban J connectivity index is 1.85. The van der Waals surface area contributed by atoms with Crippen LogP contribution in [0.1, 0.15) is 13.8 Å². The largest absolute Gasteiger partial charge is 0.459 e. The summed E-state index contributed by atoms with van der Waals surface area (Å²) < 4.78 is 28.5. The third kappa shape index (κ3) is 3.86. The van der Waals surface area contributed by atoms with E-state index in [1.54, 1.807) is 7.11 Å². The second-order valence-electron chi connectivity index (χ2n) is 10.2. The number of aliphatic hydroxyl groups excluding tert-OH is 3. The molecule has 12 atom stereocenters. The zero-order valence-electron chi connectivity index (χ0n) is 20.5. The molecule has 2 fully saturated rings. The molecule has 3 N–H and O–H groups in total. The van der Waals surface area contributed by atoms with E-state index in [9.17, 15) is 20.1 Å². The van der Waals surface area contributed by atoms with Gasteiger partial charge in [0.25, 0.3) is 0 Å². The van der Waals surface area contributed by atoms with Gasteiger partial charge in [-0.25, -0.2) is 0 Å². The van der Waals surface area contributed by atoms with E-state index in [1.165, 1.54) is 14.2 Å². The fraction of sp³-hybridized carbons (Fsp3) is 0.800. The van der Waals surface area contributed by atoms with E-state index in [-0.39, 0.29) is 37.6 Å². The summed E-state index contributed by atoms with van der Waals surface area (Å²) in [5, 5.41) is 33.3. The van der Waals surface area contributed by atoms with Gasteiger partial charge in [-0.05, 0) is 12.5 Å². The molecular weight excluding hydrogens is 444 g/mol. The Hall–Kier alpha value is -1.33. The standard InChI is InChI=1S/C25H38O9/c1-12-8-13(2)25-17(15(9-30-3)24(29)33-22(12)18(26)11-32-5)7-6-14-19(25)20(27)16(10-31-4)21(28)23(14)34-25/h6-8,12,14-23,26-28H,9-11H2,1-5H3/b13-8+/t12-,14-,15+,16-,17-,18-,19+,20-,21-,22+,23-,25-/m1/s1. The monoisotopic (exact) mass is 482 g/mol. The molecule has 192 valence electrons. The SMILES string of the molecule is COC[C@H]1[C@@H](O)[C@@H]2O[C@]34/C(C)=C/[C@@H](C)[C@@H]([C@H](O)COC)OC(=O)[C@@H](COC)[C@H]3C=C[C@@H]2[C@H]4[C@@H]1O. The molecule has 2 aliphatic heterocycles. The van der Waals surface area contributed by atoms with Gasteiger partial charge in [-0.3, -0.25) is 4.79 Å². The van der Waals surface area contributed by atoms with Crippen LogP contribution in [0.2, 0.25) is 0 Å². The Labute approximate surface area is 200 Å². The van der Waals surface area contributed by atoms with Crippen molar-refractivity contribution in [2.45, 2.75) is 50.0 Å². The number of methoxy groups -OCH3 is 3. The molecule has 9 heteroatoms. The molecule has 0 amide bonds. The number of cyclic esters (lactones) is 1. The highest BCUT2D eigenvalue weighted by Crippen LogP contribution is 2.61. The van der Waals surface area contributed by atoms with Gasteiger partial charge in [0.05, 0.1) is 44.1 Å². The van der Waals surface area contributed by atoms with Crippen LogP contribution < -0.4 is 0 Å². The van der Waals surface area contributed by atoms with E-state index in [2.05, 4.69) is 0 Å². The summed E-state index contributed by atoms with van der Waals surface area (Å²) in [6, 6.07) is 0. The number of hydrogen-bond acceptors (Lipinski definition) is 9. The summed E-state index contributed by atoms with van der Waals surface area (Å²) in [4.78, 5) is 13.5. The highest BCUT2D eigenvalue weighted by molar-refractivity contribution is 5.74. The maximum atomic E-state index is 13.5. The Morgan fingerprint density at radius 1 is 1.09 bits per heavy atom. The Bertz CT molecular complexity index is 812. The molecule has 0 aromatic rings. The van der Waals surface area contributed by atoms with Crippen molar-refractivity contribution < 1.29 is 43.8 Å². The van der Waals surface area contributed by atoms with Crippen molar-refractivity contribution in [3.05, 3.63) is 23.8 Å². The van der Waals surface area contributed by atoms with E-state index in [4.69, 9.17) is 23.7 Å². The minimum absolute atomic E-state index is 0.0193. The van der Waals surface area contributed by atoms with E-state index in [1.807, 2.05) is 32.1 Å². The molecule has 4 bridgehead atoms. The first-order chi connectivity index (χ1) is 16.2. The molecule has 1 saturated heterocycles. The number of esters is 1. The molecule has 9 nitrogen and oxygen atoms in total. The van der Waals surface area contributed by atoms with Crippen LogP contribution in [0.3, 0.4) is 0 Å². The first-order valence-corrected chi connectivity index (χ1v) is 12.0. The van der Waals surface area contributed by atoms with Gasteiger partial charge in [0, 0.05) is 50.9 Å². The molecule has 4 rings (SSSR count). The fourth-order valence-corrected chi connectivity index (χ4v) is 6.87. The van der Waals surface area contributed by atoms with E-state index >= 15 is 0 Å². The first-order valence-electron chi connectivity index (χ1n) is 12.0. The van der Waals surface area contributed by atoms with E-state index < -0.39 is 59.8 Å². The molecule has 0 aromatic carbocycles. The summed E-state index contributed by atoms with van der Waals surface area (Å²) in [6.45, 7) is 4.11. The summed E-state index contributed by atoms with van der Waals surface area (Å²) in [5.74, 6) is -3.18. The lowest BCUT2D eigenvalue weighted by molar-refractivity contribution is -0.173. The number of hydrogen-bond donors (Lipinski definition) is 3. The van der Waals surface area contributed by atoms with Crippen LogP contribution in [0.5, 0.6) is 0 Å². The molecule has 1 saturated carbocycles. The summed E-state index contributed by atoms with van der Waals surface area (Å²) in [7, 11) is 4.54. The van der Waals surface area contributed by atoms with Crippen molar-refractivity contribution >= 4 is 5.97 Å². The van der Waals surface area contributed by atoms with E-state index in [0.29, 0.717) is 0 Å². The van der Waals surface area contributed by atoms with Crippen LogP contribution in [-0.2, 0) is 28.5 Å². The van der Waals surface area contributed by atoms with Gasteiger partial charge >= 0.3 is 5.97 Å². The molecular formula is C25H38O9. The maximum absolute atomic E-state index is 13.5. The summed E-state index contributed by atoms with van der Waals surface area (Å²) >= 11 is 0. The van der Waals surface area contributed by atoms with Crippen LogP contribution in [0, 0.1) is 35.5 Å². The molecule has 2 aliphatic carbocycles. The van der Waals surface area contributed by atoms with Gasteiger partial charge in [-0.15, -0.1) is 0 Å². The number of rotatable bonds is 7. The Morgan fingerprint density at radius 2 is 1.79 bits per heavy atom. The molecule has 2 heterocycles. The summed E-state index contributed by atoms with van der Waals surface area (Å²) in [6.07, 6.45) is 1.68. The van der Waals surface area contributed by atoms with Gasteiger partial charge in [0.1, 0.15) is 17.8 Å². The normalized spacial score (nSPS) is 48.1. The van der Waals surface area contributed by atoms with Crippen molar-refractivity contribution in [2.24, 2.45) is 35.5 Å². The highest BCUT2D eigenvalue weighted by Gasteiger charge is 2.70. The Kier molecular flexibility index (Phi) is 7.55. The lowest BCUT2D eigenvalue weighted by Gasteiger charge is -2.49. The minimum atomic E-state index is -1.04. The smallest absolute Gasteiger partial charge is 0.312 e. The highest BCUT2D eigenvalue weighted by atomic mass is 16.6. The molecule has 0 unspecified atom stereocenters. The summed E-state index contributed by atoms with van der Waals surface area (Å²) in [5.41, 5.74) is -0.199. The van der Waals surface area contributed by atoms with Gasteiger partial charge in [0.2, 0.25) is 0 Å². The van der Waals surface area contributed by atoms with Crippen LogP contribution in [0.25, 0.3) is 0 Å². The van der Waals surface area contributed by atoms with Crippen LogP contribution >= 0.6 is 0 Å². The predicted molar refractivity (Wildman–Crippen MR) is 121 cm³/mol. The molecule has 0 aromatic heterocycles. The lowest BCUT2D eigenvalue weighted by atomic mass is 9.56. The second kappa shape index (κ2) is 9.97. The van der Waals surface area contributed by atoms with Gasteiger partial charge in [0.15, 0.2) is 0 Å². The third-order valence-corrected chi connectivity index (χ3v) is 8.30. The second-order valence-corrected chi connectivity index (χ2v) is 10.2. The molecule has 1 spiro atoms. The van der Waals surface area contributed by atoms with Crippen molar-refractivity contribution in [3.63, 3.8) is 0 Å². The average molecular weight is 483 g/mol. The zero-order chi connectivity index (χ0) is 24.8. The number of carbonyl (C=O) groups is 1. The topological polar surface area (TPSA) is 124 Å². The van der Waals surface area contributed by atoms with Gasteiger partial charge in [-0.1, -0.05) is 25.2 Å². The zero-order valence-corrected chi connectivity index (χ0v) is 20.5. The minimum Gasteiger partial charge on any atom is -0.459 e. The van der Waals surface area contributed by atoms with Crippen molar-refractivity contribution in [2.75, 3.05) is 41.2 Å². The fourth-order valence-electron chi connectivity index (χ4n) is 6.87. The van der Waals surface area contributed by atoms with Crippen molar-refractivity contribution in [1.29, 1.82) is 0 Å². The number of aliphatic hydroxyl groups is 3. The van der Waals surface area contributed by atoms with Crippen molar-refractivity contribution in [1.82, 2.24) is 0 Å². The number of ether oxygens (including phenoxy) is 5. The van der Waals surface area contributed by atoms with Crippen LogP contribution in [0.4, 0.5) is 0 Å². The van der Waals surface area contributed by atoms with Gasteiger partial charge < -0.3 is 39.0 Å². The maximum Gasteiger partial charge on any atom is 0.312 e. The number of carbonyl (C=O) groups excluding carboxylic acids is 1. The molecule has 4 aliphatic rings.